The van der Waals surface area contributed by atoms with E-state index in [1.165, 1.54) is 12.1 Å². The van der Waals surface area contributed by atoms with Gasteiger partial charge in [0.15, 0.2) is 0 Å². The van der Waals surface area contributed by atoms with E-state index in [0.29, 0.717) is 6.04 Å². The molecule has 1 heterocycles. The first-order valence-corrected chi connectivity index (χ1v) is 6.53. The number of hydrogen-bond donors (Lipinski definition) is 2. The highest BCUT2D eigenvalue weighted by molar-refractivity contribution is 5.20. The highest BCUT2D eigenvalue weighted by Gasteiger charge is 2.20. The highest BCUT2D eigenvalue weighted by Crippen LogP contribution is 2.19. The summed E-state index contributed by atoms with van der Waals surface area (Å²) in [6.45, 7) is 3.22. The lowest BCUT2D eigenvalue weighted by atomic mass is 9.98. The second-order valence-corrected chi connectivity index (χ2v) is 5.04. The zero-order valence-corrected chi connectivity index (χ0v) is 11.1. The lowest BCUT2D eigenvalue weighted by Gasteiger charge is -2.33. The minimum atomic E-state index is -0.177. The van der Waals surface area contributed by atoms with Gasteiger partial charge in [-0.3, -0.25) is 0 Å². The Morgan fingerprint density at radius 2 is 2.17 bits per heavy atom. The third kappa shape index (κ3) is 3.51. The molecule has 0 radical (unpaired) electrons. The Kier molecular flexibility index (Phi) is 4.69. The monoisotopic (exact) mass is 251 g/mol. The largest absolute Gasteiger partial charge is 0.313 e. The van der Waals surface area contributed by atoms with Gasteiger partial charge in [-0.2, -0.15) is 0 Å². The highest BCUT2D eigenvalue weighted by atomic mass is 19.1. The molecule has 1 aromatic carbocycles. The van der Waals surface area contributed by atoms with Crippen LogP contribution in [0.15, 0.2) is 24.3 Å². The number of nitrogens with zero attached hydrogens (tertiary/aromatic N) is 1. The van der Waals surface area contributed by atoms with Crippen molar-refractivity contribution in [2.24, 2.45) is 0 Å². The molecule has 18 heavy (non-hydrogen) atoms. The van der Waals surface area contributed by atoms with Gasteiger partial charge in [0.1, 0.15) is 5.82 Å². The van der Waals surface area contributed by atoms with Crippen molar-refractivity contribution in [1.82, 2.24) is 15.5 Å². The van der Waals surface area contributed by atoms with Gasteiger partial charge in [-0.1, -0.05) is 12.1 Å². The van der Waals surface area contributed by atoms with Crippen LogP contribution in [0.1, 0.15) is 18.0 Å². The van der Waals surface area contributed by atoms with Crippen molar-refractivity contribution in [3.8, 4) is 0 Å². The Morgan fingerprint density at radius 1 is 1.44 bits per heavy atom. The summed E-state index contributed by atoms with van der Waals surface area (Å²) < 4.78 is 12.9. The second kappa shape index (κ2) is 6.27. The van der Waals surface area contributed by atoms with E-state index in [1.807, 2.05) is 19.2 Å². The van der Waals surface area contributed by atoms with Crippen LogP contribution in [0.4, 0.5) is 4.39 Å². The zero-order chi connectivity index (χ0) is 13.0. The van der Waals surface area contributed by atoms with Gasteiger partial charge in [0.25, 0.3) is 0 Å². The van der Waals surface area contributed by atoms with Crippen molar-refractivity contribution in [3.05, 3.63) is 35.6 Å². The van der Waals surface area contributed by atoms with Crippen LogP contribution in [-0.4, -0.2) is 44.7 Å². The summed E-state index contributed by atoms with van der Waals surface area (Å²) in [4.78, 5) is 2.35. The Bertz CT molecular complexity index is 366. The van der Waals surface area contributed by atoms with Crippen LogP contribution in [0.25, 0.3) is 0 Å². The zero-order valence-electron chi connectivity index (χ0n) is 11.1. The van der Waals surface area contributed by atoms with Crippen molar-refractivity contribution in [2.75, 3.05) is 33.7 Å². The Hall–Kier alpha value is -0.970. The number of nitrogens with one attached hydrogen (secondary N) is 2. The van der Waals surface area contributed by atoms with Crippen molar-refractivity contribution < 1.29 is 4.39 Å². The molecule has 0 aliphatic carbocycles. The maximum Gasteiger partial charge on any atom is 0.123 e. The molecular weight excluding hydrogens is 229 g/mol. The average Bonchev–Trinajstić information content (AvgIpc) is 2.37. The van der Waals surface area contributed by atoms with Gasteiger partial charge in [-0.25, -0.2) is 4.39 Å². The van der Waals surface area contributed by atoms with Crippen LogP contribution in [-0.2, 0) is 0 Å². The van der Waals surface area contributed by atoms with Gasteiger partial charge < -0.3 is 15.5 Å². The van der Waals surface area contributed by atoms with E-state index in [-0.39, 0.29) is 11.9 Å². The summed E-state index contributed by atoms with van der Waals surface area (Å²) in [7, 11) is 4.11. The van der Waals surface area contributed by atoms with Crippen LogP contribution in [0.2, 0.25) is 0 Å². The molecule has 1 aromatic rings. The van der Waals surface area contributed by atoms with Gasteiger partial charge in [0, 0.05) is 31.7 Å². The smallest absolute Gasteiger partial charge is 0.123 e. The van der Waals surface area contributed by atoms with E-state index < -0.39 is 0 Å². The van der Waals surface area contributed by atoms with Gasteiger partial charge in [0.05, 0.1) is 0 Å². The first-order chi connectivity index (χ1) is 8.69. The van der Waals surface area contributed by atoms with Crippen molar-refractivity contribution in [3.63, 3.8) is 0 Å². The molecule has 1 aliphatic rings. The fourth-order valence-electron chi connectivity index (χ4n) is 2.55. The molecule has 4 heteroatoms. The third-order valence-electron chi connectivity index (χ3n) is 3.60. The maximum absolute atomic E-state index is 12.9. The van der Waals surface area contributed by atoms with E-state index in [4.69, 9.17) is 0 Å². The standard InChI is InChI=1S/C14H22FN3/c1-16-14(11-3-5-12(15)6-4-11)9-13-10-18(2)8-7-17-13/h3-6,13-14,16-17H,7-10H2,1-2H3. The second-order valence-electron chi connectivity index (χ2n) is 5.04. The Labute approximate surface area is 108 Å². The molecule has 0 bridgehead atoms. The first kappa shape index (κ1) is 13.5. The molecule has 0 amide bonds. The number of likely N-dealkylation sites (N-methyl/N-ethyl adjacent to an activating group) is 1. The number of rotatable bonds is 4. The Morgan fingerprint density at radius 3 is 2.78 bits per heavy atom. The summed E-state index contributed by atoms with van der Waals surface area (Å²) in [5.74, 6) is -0.177. The molecule has 1 aliphatic heterocycles. The van der Waals surface area contributed by atoms with Crippen molar-refractivity contribution >= 4 is 0 Å². The summed E-state index contributed by atoms with van der Waals surface area (Å²) in [5.41, 5.74) is 1.15. The molecule has 0 aromatic heterocycles. The number of hydrogen-bond acceptors (Lipinski definition) is 3. The summed E-state index contributed by atoms with van der Waals surface area (Å²) >= 11 is 0. The van der Waals surface area contributed by atoms with Crippen molar-refractivity contribution in [1.29, 1.82) is 0 Å². The third-order valence-corrected chi connectivity index (χ3v) is 3.60. The topological polar surface area (TPSA) is 27.3 Å². The normalized spacial score (nSPS) is 22.9. The quantitative estimate of drug-likeness (QED) is 0.846. The number of benzene rings is 1. The Balaban J connectivity index is 1.98. The predicted octanol–water partition coefficient (Wildman–Crippen LogP) is 1.38. The van der Waals surface area contributed by atoms with Crippen LogP contribution >= 0.6 is 0 Å². The molecule has 0 spiro atoms. The minimum Gasteiger partial charge on any atom is -0.313 e. The van der Waals surface area contributed by atoms with E-state index in [1.54, 1.807) is 0 Å². The van der Waals surface area contributed by atoms with Crippen molar-refractivity contribution in [2.45, 2.75) is 18.5 Å². The molecule has 3 nitrogen and oxygen atoms in total. The van der Waals surface area contributed by atoms with E-state index in [2.05, 4.69) is 22.6 Å². The van der Waals surface area contributed by atoms with E-state index in [9.17, 15) is 4.39 Å². The maximum atomic E-state index is 12.9. The van der Waals surface area contributed by atoms with Crippen LogP contribution in [0, 0.1) is 5.82 Å². The lowest BCUT2D eigenvalue weighted by Crippen LogP contribution is -2.50. The molecule has 2 N–H and O–H groups in total. The molecule has 1 saturated heterocycles. The summed E-state index contributed by atoms with van der Waals surface area (Å²) in [6, 6.07) is 7.55. The lowest BCUT2D eigenvalue weighted by molar-refractivity contribution is 0.222. The minimum absolute atomic E-state index is 0.177. The summed E-state index contributed by atoms with van der Waals surface area (Å²) in [6.07, 6.45) is 1.02. The van der Waals surface area contributed by atoms with Gasteiger partial charge >= 0.3 is 0 Å². The first-order valence-electron chi connectivity index (χ1n) is 6.53. The van der Waals surface area contributed by atoms with Gasteiger partial charge in [-0.05, 0) is 38.2 Å². The summed E-state index contributed by atoms with van der Waals surface area (Å²) in [5, 5.41) is 6.86. The SMILES string of the molecule is CNC(CC1CN(C)CCN1)c1ccc(F)cc1. The fraction of sp³-hybridized carbons (Fsp3) is 0.571. The molecule has 2 unspecified atom stereocenters. The number of halogens is 1. The predicted molar refractivity (Wildman–Crippen MR) is 72.1 cm³/mol. The average molecular weight is 251 g/mol. The number of piperazine rings is 1. The van der Waals surface area contributed by atoms with Gasteiger partial charge in [0.2, 0.25) is 0 Å². The molecule has 0 saturated carbocycles. The molecule has 100 valence electrons. The molecule has 2 atom stereocenters. The molecule has 1 fully saturated rings. The van der Waals surface area contributed by atoms with Gasteiger partial charge in [-0.15, -0.1) is 0 Å². The molecule has 2 rings (SSSR count). The van der Waals surface area contributed by atoms with Crippen LogP contribution in [0.5, 0.6) is 0 Å². The van der Waals surface area contributed by atoms with Crippen LogP contribution in [0.3, 0.4) is 0 Å². The van der Waals surface area contributed by atoms with E-state index in [0.717, 1.165) is 31.6 Å². The van der Waals surface area contributed by atoms with E-state index >= 15 is 0 Å². The molecular formula is C14H22FN3. The van der Waals surface area contributed by atoms with Crippen LogP contribution < -0.4 is 10.6 Å². The fourth-order valence-corrected chi connectivity index (χ4v) is 2.55.